The van der Waals surface area contributed by atoms with Crippen LogP contribution in [0.15, 0.2) is 36.4 Å². The second kappa shape index (κ2) is 6.41. The lowest BCUT2D eigenvalue weighted by Crippen LogP contribution is -1.95. The van der Waals surface area contributed by atoms with Gasteiger partial charge in [-0.2, -0.15) is 5.26 Å². The number of fused-ring (bicyclic) bond motifs is 1. The Hall–Kier alpha value is -3.00. The minimum absolute atomic E-state index is 0.145. The quantitative estimate of drug-likeness (QED) is 0.632. The van der Waals surface area contributed by atoms with Crippen LogP contribution in [0.4, 0.5) is 4.39 Å². The van der Waals surface area contributed by atoms with Crippen molar-refractivity contribution >= 4 is 11.6 Å². The third kappa shape index (κ3) is 2.97. The molecule has 0 amide bonds. The summed E-state index contributed by atoms with van der Waals surface area (Å²) in [5.41, 5.74) is 1.09. The topological polar surface area (TPSA) is 51.5 Å². The lowest BCUT2D eigenvalue weighted by Gasteiger charge is -2.09. The summed E-state index contributed by atoms with van der Waals surface area (Å²) in [5, 5.41) is 9.40. The van der Waals surface area contributed by atoms with Gasteiger partial charge in [0.1, 0.15) is 11.6 Å². The van der Waals surface area contributed by atoms with Gasteiger partial charge in [-0.1, -0.05) is 18.2 Å². The lowest BCUT2D eigenvalue weighted by atomic mass is 10.0. The predicted octanol–water partition coefficient (Wildman–Crippen LogP) is 4.02. The molecular formula is C18H14FNO3. The number of rotatable bonds is 4. The van der Waals surface area contributed by atoms with Crippen molar-refractivity contribution in [3.8, 4) is 23.3 Å². The standard InChI is InChI=1S/C18H14FNO3/c1-2-21-16-9-18-17(22-11-23-18)8-12(16)7-13(10-20)14-5-3-4-6-15(14)19/h3-9H,2,11H2,1H3/b13-7-. The summed E-state index contributed by atoms with van der Waals surface area (Å²) < 4.78 is 30.2. The summed E-state index contributed by atoms with van der Waals surface area (Å²) in [6.45, 7) is 2.47. The number of benzene rings is 2. The van der Waals surface area contributed by atoms with Crippen molar-refractivity contribution < 1.29 is 18.6 Å². The Morgan fingerprint density at radius 3 is 2.74 bits per heavy atom. The van der Waals surface area contributed by atoms with Crippen LogP contribution in [0.1, 0.15) is 18.1 Å². The Labute approximate surface area is 133 Å². The van der Waals surface area contributed by atoms with E-state index in [1.54, 1.807) is 36.4 Å². The normalized spacial score (nSPS) is 12.8. The fourth-order valence-corrected chi connectivity index (χ4v) is 2.34. The molecule has 2 aromatic rings. The summed E-state index contributed by atoms with van der Waals surface area (Å²) >= 11 is 0. The maximum Gasteiger partial charge on any atom is 0.231 e. The molecule has 0 radical (unpaired) electrons. The van der Waals surface area contributed by atoms with Gasteiger partial charge in [0.25, 0.3) is 0 Å². The Morgan fingerprint density at radius 1 is 1.30 bits per heavy atom. The van der Waals surface area contributed by atoms with Crippen LogP contribution in [0, 0.1) is 17.1 Å². The fraction of sp³-hybridized carbons (Fsp3) is 0.167. The van der Waals surface area contributed by atoms with E-state index in [1.807, 2.05) is 13.0 Å². The monoisotopic (exact) mass is 311 g/mol. The van der Waals surface area contributed by atoms with Crippen LogP contribution < -0.4 is 14.2 Å². The molecule has 4 nitrogen and oxygen atoms in total. The highest BCUT2D eigenvalue weighted by Crippen LogP contribution is 2.39. The van der Waals surface area contributed by atoms with Crippen molar-refractivity contribution in [1.29, 1.82) is 5.26 Å². The molecule has 0 aliphatic carbocycles. The predicted molar refractivity (Wildman–Crippen MR) is 83.6 cm³/mol. The van der Waals surface area contributed by atoms with Crippen LogP contribution in [0.3, 0.4) is 0 Å². The fourth-order valence-electron chi connectivity index (χ4n) is 2.34. The van der Waals surface area contributed by atoms with Gasteiger partial charge < -0.3 is 14.2 Å². The van der Waals surface area contributed by atoms with Crippen molar-refractivity contribution in [3.63, 3.8) is 0 Å². The van der Waals surface area contributed by atoms with E-state index in [0.29, 0.717) is 29.4 Å². The van der Waals surface area contributed by atoms with Gasteiger partial charge in [-0.15, -0.1) is 0 Å². The van der Waals surface area contributed by atoms with Crippen LogP contribution in [-0.4, -0.2) is 13.4 Å². The van der Waals surface area contributed by atoms with Crippen LogP contribution in [-0.2, 0) is 0 Å². The summed E-state index contributed by atoms with van der Waals surface area (Å²) in [4.78, 5) is 0. The minimum atomic E-state index is -0.445. The molecule has 0 atom stereocenters. The van der Waals surface area contributed by atoms with E-state index in [2.05, 4.69) is 0 Å². The summed E-state index contributed by atoms with van der Waals surface area (Å²) in [5.74, 6) is 1.28. The Balaban J connectivity index is 2.10. The van der Waals surface area contributed by atoms with Gasteiger partial charge in [0, 0.05) is 17.2 Å². The van der Waals surface area contributed by atoms with E-state index in [9.17, 15) is 9.65 Å². The molecule has 23 heavy (non-hydrogen) atoms. The highest BCUT2D eigenvalue weighted by atomic mass is 19.1. The first-order chi connectivity index (χ1) is 11.2. The average Bonchev–Trinajstić information content (AvgIpc) is 3.01. The van der Waals surface area contributed by atoms with E-state index in [4.69, 9.17) is 14.2 Å². The molecule has 1 aliphatic heterocycles. The van der Waals surface area contributed by atoms with Crippen LogP contribution in [0.25, 0.3) is 11.6 Å². The van der Waals surface area contributed by atoms with Gasteiger partial charge in [0.2, 0.25) is 6.79 Å². The first-order valence-electron chi connectivity index (χ1n) is 7.16. The number of hydrogen-bond donors (Lipinski definition) is 0. The molecule has 3 rings (SSSR count). The summed E-state index contributed by atoms with van der Waals surface area (Å²) in [7, 11) is 0. The van der Waals surface area contributed by atoms with E-state index in [-0.39, 0.29) is 17.9 Å². The van der Waals surface area contributed by atoms with Crippen LogP contribution in [0.2, 0.25) is 0 Å². The van der Waals surface area contributed by atoms with Crippen molar-refractivity contribution in [1.82, 2.24) is 0 Å². The zero-order valence-corrected chi connectivity index (χ0v) is 12.5. The van der Waals surface area contributed by atoms with Crippen LogP contribution in [0.5, 0.6) is 17.2 Å². The van der Waals surface area contributed by atoms with Gasteiger partial charge in [-0.3, -0.25) is 0 Å². The Kier molecular flexibility index (Phi) is 4.15. The molecular weight excluding hydrogens is 297 g/mol. The maximum absolute atomic E-state index is 13.9. The average molecular weight is 311 g/mol. The molecule has 5 heteroatoms. The molecule has 0 fully saturated rings. The van der Waals surface area contributed by atoms with E-state index in [0.717, 1.165) is 0 Å². The number of ether oxygens (including phenoxy) is 3. The first kappa shape index (κ1) is 14.9. The minimum Gasteiger partial charge on any atom is -0.493 e. The van der Waals surface area contributed by atoms with Gasteiger partial charge in [0.05, 0.1) is 18.2 Å². The zero-order chi connectivity index (χ0) is 16.2. The number of nitrogens with zero attached hydrogens (tertiary/aromatic N) is 1. The molecule has 0 bridgehead atoms. The maximum atomic E-state index is 13.9. The highest BCUT2D eigenvalue weighted by molar-refractivity contribution is 5.91. The third-order valence-electron chi connectivity index (χ3n) is 3.39. The Morgan fingerprint density at radius 2 is 2.04 bits per heavy atom. The van der Waals surface area contributed by atoms with Crippen LogP contribution >= 0.6 is 0 Å². The molecule has 1 heterocycles. The van der Waals surface area contributed by atoms with E-state index in [1.165, 1.54) is 6.07 Å². The zero-order valence-electron chi connectivity index (χ0n) is 12.5. The first-order valence-corrected chi connectivity index (χ1v) is 7.16. The van der Waals surface area contributed by atoms with Gasteiger partial charge >= 0.3 is 0 Å². The molecule has 0 aromatic heterocycles. The molecule has 0 N–H and O–H groups in total. The summed E-state index contributed by atoms with van der Waals surface area (Å²) in [6, 6.07) is 11.6. The third-order valence-corrected chi connectivity index (χ3v) is 3.39. The molecule has 0 spiro atoms. The molecule has 0 saturated carbocycles. The molecule has 1 aliphatic rings. The Bertz CT molecular complexity index is 808. The van der Waals surface area contributed by atoms with Gasteiger partial charge in [0.15, 0.2) is 11.5 Å². The molecule has 116 valence electrons. The van der Waals surface area contributed by atoms with Crippen molar-refractivity contribution in [2.24, 2.45) is 0 Å². The number of hydrogen-bond acceptors (Lipinski definition) is 4. The largest absolute Gasteiger partial charge is 0.493 e. The van der Waals surface area contributed by atoms with Crippen molar-refractivity contribution in [3.05, 3.63) is 53.3 Å². The van der Waals surface area contributed by atoms with E-state index < -0.39 is 5.82 Å². The smallest absolute Gasteiger partial charge is 0.231 e. The number of nitriles is 1. The SMILES string of the molecule is CCOc1cc2c(cc1/C=C(/C#N)c1ccccc1F)OCO2. The summed E-state index contributed by atoms with van der Waals surface area (Å²) in [6.07, 6.45) is 1.59. The highest BCUT2D eigenvalue weighted by Gasteiger charge is 2.18. The second-order valence-corrected chi connectivity index (χ2v) is 4.83. The van der Waals surface area contributed by atoms with Crippen molar-refractivity contribution in [2.75, 3.05) is 13.4 Å². The second-order valence-electron chi connectivity index (χ2n) is 4.83. The number of halogens is 1. The van der Waals surface area contributed by atoms with Crippen molar-refractivity contribution in [2.45, 2.75) is 6.92 Å². The molecule has 0 unspecified atom stereocenters. The molecule has 0 saturated heterocycles. The lowest BCUT2D eigenvalue weighted by molar-refractivity contribution is 0.174. The number of allylic oxidation sites excluding steroid dienone is 1. The van der Waals surface area contributed by atoms with Gasteiger partial charge in [-0.05, 0) is 25.1 Å². The molecule has 2 aromatic carbocycles. The van der Waals surface area contributed by atoms with E-state index >= 15 is 0 Å². The van der Waals surface area contributed by atoms with Gasteiger partial charge in [-0.25, -0.2) is 4.39 Å².